The summed E-state index contributed by atoms with van der Waals surface area (Å²) in [6.07, 6.45) is -0.0339. The number of sulfonamides is 1. The maximum Gasteiger partial charge on any atom is 0.427 e. The number of carbonyl (C=O) groups is 4. The third kappa shape index (κ3) is 8.66. The van der Waals surface area contributed by atoms with E-state index in [1.54, 1.807) is 31.2 Å². The van der Waals surface area contributed by atoms with Crippen LogP contribution in [0, 0.1) is 17.8 Å². The van der Waals surface area contributed by atoms with Crippen molar-refractivity contribution in [2.45, 2.75) is 113 Å². The number of fused-ring (bicyclic) bond motifs is 3. The molecule has 56 heavy (non-hydrogen) atoms. The van der Waals surface area contributed by atoms with Gasteiger partial charge in [0.1, 0.15) is 35.8 Å². The molecule has 0 radical (unpaired) electrons. The van der Waals surface area contributed by atoms with E-state index in [0.29, 0.717) is 62.6 Å². The lowest BCUT2D eigenvalue weighted by molar-refractivity contribution is -0.244. The average Bonchev–Trinajstić information content (AvgIpc) is 4.04. The molecule has 0 spiro atoms. The van der Waals surface area contributed by atoms with Crippen LogP contribution in [0.25, 0.3) is 10.9 Å². The van der Waals surface area contributed by atoms with Crippen LogP contribution < -0.4 is 24.8 Å². The van der Waals surface area contributed by atoms with Crippen LogP contribution in [0.1, 0.15) is 72.6 Å². The fourth-order valence-corrected chi connectivity index (χ4v) is 8.70. The Morgan fingerprint density at radius 2 is 1.80 bits per heavy atom. The number of carbonyl (C=O) groups excluding carboxylic acids is 4. The van der Waals surface area contributed by atoms with Gasteiger partial charge in [0, 0.05) is 18.4 Å². The number of benzene rings is 1. The molecule has 3 N–H and O–H groups in total. The number of nitrogens with zero attached hydrogens (tertiary/aromatic N) is 3. The van der Waals surface area contributed by atoms with Crippen LogP contribution in [0.4, 0.5) is 18.0 Å². The highest BCUT2D eigenvalue weighted by molar-refractivity contribution is 7.91. The van der Waals surface area contributed by atoms with Gasteiger partial charge in [-0.25, -0.2) is 23.2 Å². The number of allylic oxidation sites excluding steroid dienone is 1. The second-order valence-electron chi connectivity index (χ2n) is 15.8. The van der Waals surface area contributed by atoms with E-state index in [-0.39, 0.29) is 31.2 Å². The smallest absolute Gasteiger partial charge is 0.427 e. The number of methoxy groups -OCH3 is 1. The Labute approximate surface area is 322 Å². The van der Waals surface area contributed by atoms with Gasteiger partial charge < -0.3 is 29.7 Å². The topological polar surface area (TPSA) is 195 Å². The molecule has 0 bridgehead atoms. The molecule has 4 aliphatic rings. The van der Waals surface area contributed by atoms with Crippen molar-refractivity contribution in [1.29, 1.82) is 0 Å². The number of rotatable bonds is 8. The highest BCUT2D eigenvalue weighted by atomic mass is 32.2. The summed E-state index contributed by atoms with van der Waals surface area (Å²) in [5.41, 5.74) is -4.02. The number of alkyl halides is 3. The zero-order valence-electron chi connectivity index (χ0n) is 31.7. The lowest BCUT2D eigenvalue weighted by atomic mass is 9.88. The largest absolute Gasteiger partial charge is 0.497 e. The first-order chi connectivity index (χ1) is 26.2. The second kappa shape index (κ2) is 15.3. The predicted octanol–water partition coefficient (Wildman–Crippen LogP) is 3.92. The summed E-state index contributed by atoms with van der Waals surface area (Å²) in [5.74, 6) is -3.01. The molecule has 1 saturated heterocycles. The van der Waals surface area contributed by atoms with Gasteiger partial charge in [0.15, 0.2) is 0 Å². The van der Waals surface area contributed by atoms with E-state index in [9.17, 15) is 40.8 Å². The number of ether oxygens (including phenoxy) is 3. The quantitative estimate of drug-likeness (QED) is 0.327. The monoisotopic (exact) mass is 808 g/mol. The molecule has 2 aliphatic carbocycles. The first kappa shape index (κ1) is 41.0. The molecule has 3 fully saturated rings. The van der Waals surface area contributed by atoms with Crippen LogP contribution in [-0.2, 0) is 29.1 Å². The van der Waals surface area contributed by atoms with Crippen molar-refractivity contribution in [1.82, 2.24) is 30.2 Å². The van der Waals surface area contributed by atoms with Gasteiger partial charge >= 0.3 is 12.3 Å². The summed E-state index contributed by atoms with van der Waals surface area (Å²) in [5, 5.41) is 4.94. The summed E-state index contributed by atoms with van der Waals surface area (Å²) in [6, 6.07) is 2.28. The Kier molecular flexibility index (Phi) is 11.2. The van der Waals surface area contributed by atoms with Crippen LogP contribution in [-0.4, -0.2) is 102 Å². The third-order valence-electron chi connectivity index (χ3n) is 11.0. The lowest BCUT2D eigenvalue weighted by Crippen LogP contribution is -2.59. The molecule has 306 valence electrons. The van der Waals surface area contributed by atoms with Gasteiger partial charge in [-0.3, -0.25) is 19.1 Å². The van der Waals surface area contributed by atoms with Gasteiger partial charge in [-0.2, -0.15) is 13.2 Å². The van der Waals surface area contributed by atoms with Gasteiger partial charge in [-0.1, -0.05) is 26.0 Å². The van der Waals surface area contributed by atoms with Crippen LogP contribution in [0.15, 0.2) is 36.7 Å². The molecule has 1 aromatic heterocycles. The number of amides is 4. The SMILES string of the molecule is COc1ccc2c(O[C@@H]3C[C@H]4C(=O)N[C@]5(C(=O)NS(=O)(=O)C6CC6)C[C@H]5/C=C\CC[C@@H](C)C[C@@H](C)[C@H](NC(=O)OC(C)(C)C(F)(F)F)C(=O)N4C3)ncnc2c1. The van der Waals surface area contributed by atoms with Crippen molar-refractivity contribution in [2.75, 3.05) is 13.7 Å². The fourth-order valence-electron chi connectivity index (χ4n) is 7.33. The minimum Gasteiger partial charge on any atom is -0.497 e. The maximum absolute atomic E-state index is 14.7. The van der Waals surface area contributed by atoms with E-state index in [0.717, 1.165) is 0 Å². The van der Waals surface area contributed by atoms with E-state index in [1.165, 1.54) is 18.3 Å². The van der Waals surface area contributed by atoms with E-state index >= 15 is 0 Å². The van der Waals surface area contributed by atoms with Gasteiger partial charge in [-0.05, 0) is 76.3 Å². The molecular weight excluding hydrogens is 762 g/mol. The van der Waals surface area contributed by atoms with E-state index in [2.05, 4.69) is 25.3 Å². The van der Waals surface area contributed by atoms with Crippen molar-refractivity contribution >= 4 is 44.7 Å². The molecule has 1 aromatic carbocycles. The number of alkyl carbamates (subject to hydrolysis) is 1. The molecule has 2 saturated carbocycles. The van der Waals surface area contributed by atoms with Crippen molar-refractivity contribution in [3.05, 3.63) is 36.7 Å². The van der Waals surface area contributed by atoms with Crippen molar-refractivity contribution < 1.29 is 55.0 Å². The Morgan fingerprint density at radius 3 is 2.48 bits per heavy atom. The van der Waals surface area contributed by atoms with Crippen LogP contribution in [0.5, 0.6) is 11.6 Å². The number of aromatic nitrogens is 2. The van der Waals surface area contributed by atoms with E-state index in [4.69, 9.17) is 14.2 Å². The van der Waals surface area contributed by atoms with Crippen LogP contribution >= 0.6 is 0 Å². The normalized spacial score (nSPS) is 29.5. The fraction of sp³-hybridized carbons (Fsp3) is 0.622. The molecular formula is C37H47F3N6O9S. The van der Waals surface area contributed by atoms with Gasteiger partial charge in [0.25, 0.3) is 5.91 Å². The second-order valence-corrected chi connectivity index (χ2v) is 17.8. The van der Waals surface area contributed by atoms with Crippen LogP contribution in [0.3, 0.4) is 0 Å². The first-order valence-electron chi connectivity index (χ1n) is 18.6. The number of hydrogen-bond donors (Lipinski definition) is 3. The van der Waals surface area contributed by atoms with Crippen LogP contribution in [0.2, 0.25) is 0 Å². The summed E-state index contributed by atoms with van der Waals surface area (Å²) in [7, 11) is -2.48. The number of hydrogen-bond acceptors (Lipinski definition) is 11. The maximum atomic E-state index is 14.7. The Bertz CT molecular complexity index is 2010. The van der Waals surface area contributed by atoms with Crippen molar-refractivity contribution in [3.63, 3.8) is 0 Å². The molecule has 19 heteroatoms. The Balaban J connectivity index is 1.34. The summed E-state index contributed by atoms with van der Waals surface area (Å²) < 4.78 is 85.3. The summed E-state index contributed by atoms with van der Waals surface area (Å²) in [6.45, 7) is 4.76. The number of halogens is 3. The summed E-state index contributed by atoms with van der Waals surface area (Å²) in [4.78, 5) is 65.6. The average molecular weight is 809 g/mol. The Morgan fingerprint density at radius 1 is 1.07 bits per heavy atom. The molecule has 2 aliphatic heterocycles. The zero-order chi connectivity index (χ0) is 40.8. The van der Waals surface area contributed by atoms with Crippen molar-refractivity contribution in [3.8, 4) is 11.6 Å². The standard InChI is InChI=1S/C37H47F3N6O9S/c1-20-8-6-7-9-22-17-36(22,33(49)45-56(51,52)25-11-12-25)44-30(47)28-16-24(54-31-26-13-10-23(53-5)15-27(26)41-19-42-31)18-46(28)32(48)29(21(2)14-20)43-34(50)55-35(3,4)37(38,39)40/h7,9-10,13,15,19-22,24-25,28-29H,6,8,11-12,14,16-18H2,1-5H3,(H,43,50)(H,44,47)(H,45,49)/b9-7-/t20-,21-,22-,24-,28+,29+,36-/m1/s1. The molecule has 4 amide bonds. The van der Waals surface area contributed by atoms with Gasteiger partial charge in [0.05, 0.1) is 29.8 Å². The molecule has 2 aromatic rings. The summed E-state index contributed by atoms with van der Waals surface area (Å²) >= 11 is 0. The first-order valence-corrected chi connectivity index (χ1v) is 20.2. The van der Waals surface area contributed by atoms with Gasteiger partial charge in [0.2, 0.25) is 33.3 Å². The minimum atomic E-state index is -4.91. The molecule has 15 nitrogen and oxygen atoms in total. The number of nitrogens with one attached hydrogen (secondary N) is 3. The highest BCUT2D eigenvalue weighted by Crippen LogP contribution is 2.46. The molecule has 0 unspecified atom stereocenters. The zero-order valence-corrected chi connectivity index (χ0v) is 32.5. The third-order valence-corrected chi connectivity index (χ3v) is 12.8. The lowest BCUT2D eigenvalue weighted by Gasteiger charge is -2.34. The van der Waals surface area contributed by atoms with E-state index < -0.39 is 86.4 Å². The molecule has 6 rings (SSSR count). The minimum absolute atomic E-state index is 0.0367. The van der Waals surface area contributed by atoms with Gasteiger partial charge in [-0.15, -0.1) is 0 Å². The molecule has 3 heterocycles. The van der Waals surface area contributed by atoms with E-state index in [1.807, 2.05) is 13.0 Å². The van der Waals surface area contributed by atoms with Crippen molar-refractivity contribution in [2.24, 2.45) is 17.8 Å². The molecule has 7 atom stereocenters. The predicted molar refractivity (Wildman–Crippen MR) is 195 cm³/mol. The highest BCUT2D eigenvalue weighted by Gasteiger charge is 2.62. The Hall–Kier alpha value is -4.68.